The molecule has 0 fully saturated rings. The zero-order chi connectivity index (χ0) is 12.1. The van der Waals surface area contributed by atoms with Gasteiger partial charge in [-0.15, -0.1) is 0 Å². The molecule has 1 rings (SSSR count). The van der Waals surface area contributed by atoms with Gasteiger partial charge in [-0.25, -0.2) is 0 Å². The molecule has 4 heteroatoms. The molecule has 0 aromatic heterocycles. The van der Waals surface area contributed by atoms with Gasteiger partial charge < -0.3 is 15.9 Å². The lowest BCUT2D eigenvalue weighted by molar-refractivity contribution is 0.0146. The summed E-state index contributed by atoms with van der Waals surface area (Å²) in [4.78, 5) is 11.3. The van der Waals surface area contributed by atoms with E-state index in [9.17, 15) is 15.0 Å². The number of nitrogens with two attached hydrogens (primary N) is 1. The molecule has 1 aromatic rings. The van der Waals surface area contributed by atoms with E-state index >= 15 is 0 Å². The Hall–Kier alpha value is -1.23. The minimum absolute atomic E-state index is 0.130. The van der Waals surface area contributed by atoms with E-state index in [-0.39, 0.29) is 5.78 Å². The number of carbonyl (C=O) groups is 1. The van der Waals surface area contributed by atoms with Gasteiger partial charge in [-0.05, 0) is 25.5 Å². The van der Waals surface area contributed by atoms with Gasteiger partial charge in [0.2, 0.25) is 0 Å². The SMILES string of the molecule is CC(=O)c1ccccc1C(O)C(O)CCN. The van der Waals surface area contributed by atoms with Crippen molar-refractivity contribution >= 4 is 5.78 Å². The smallest absolute Gasteiger partial charge is 0.160 e. The molecule has 0 saturated carbocycles. The quantitative estimate of drug-likeness (QED) is 0.639. The summed E-state index contributed by atoms with van der Waals surface area (Å²) >= 11 is 0. The number of hydrogen-bond acceptors (Lipinski definition) is 4. The molecule has 88 valence electrons. The monoisotopic (exact) mass is 223 g/mol. The van der Waals surface area contributed by atoms with E-state index in [0.29, 0.717) is 24.1 Å². The van der Waals surface area contributed by atoms with Crippen LogP contribution in [-0.2, 0) is 0 Å². The molecule has 0 aliphatic carbocycles. The molecule has 16 heavy (non-hydrogen) atoms. The largest absolute Gasteiger partial charge is 0.390 e. The Labute approximate surface area is 94.7 Å². The molecule has 2 atom stereocenters. The van der Waals surface area contributed by atoms with Crippen LogP contribution in [0.25, 0.3) is 0 Å². The van der Waals surface area contributed by atoms with Crippen LogP contribution in [-0.4, -0.2) is 28.6 Å². The molecule has 0 bridgehead atoms. The first-order valence-electron chi connectivity index (χ1n) is 5.24. The van der Waals surface area contributed by atoms with Gasteiger partial charge in [-0.2, -0.15) is 0 Å². The molecule has 4 nitrogen and oxygen atoms in total. The maximum atomic E-state index is 11.3. The third-order valence-corrected chi connectivity index (χ3v) is 2.49. The summed E-state index contributed by atoms with van der Waals surface area (Å²) < 4.78 is 0. The van der Waals surface area contributed by atoms with Crippen LogP contribution in [0.3, 0.4) is 0 Å². The fourth-order valence-electron chi connectivity index (χ4n) is 1.61. The fraction of sp³-hybridized carbons (Fsp3) is 0.417. The standard InChI is InChI=1S/C12H17NO3/c1-8(14)9-4-2-3-5-10(9)12(16)11(15)6-7-13/h2-5,11-12,15-16H,6-7,13H2,1H3. The van der Waals surface area contributed by atoms with Crippen molar-refractivity contribution in [1.82, 2.24) is 0 Å². The minimum Gasteiger partial charge on any atom is -0.390 e. The maximum Gasteiger partial charge on any atom is 0.160 e. The van der Waals surface area contributed by atoms with Gasteiger partial charge in [0.25, 0.3) is 0 Å². The molecule has 4 N–H and O–H groups in total. The topological polar surface area (TPSA) is 83.5 Å². The molecule has 0 amide bonds. The zero-order valence-electron chi connectivity index (χ0n) is 9.26. The lowest BCUT2D eigenvalue weighted by Gasteiger charge is -2.19. The molecule has 0 spiro atoms. The Morgan fingerprint density at radius 3 is 2.56 bits per heavy atom. The number of ketones is 1. The molecular weight excluding hydrogens is 206 g/mol. The summed E-state index contributed by atoms with van der Waals surface area (Å²) in [6.45, 7) is 1.72. The van der Waals surface area contributed by atoms with Gasteiger partial charge in [0, 0.05) is 5.56 Å². The van der Waals surface area contributed by atoms with Crippen molar-refractivity contribution in [2.75, 3.05) is 6.54 Å². The van der Waals surface area contributed by atoms with E-state index in [1.165, 1.54) is 6.92 Å². The number of aliphatic hydroxyl groups is 2. The van der Waals surface area contributed by atoms with Crippen molar-refractivity contribution in [3.05, 3.63) is 35.4 Å². The lowest BCUT2D eigenvalue weighted by atomic mass is 9.95. The highest BCUT2D eigenvalue weighted by molar-refractivity contribution is 5.95. The Kier molecular flexibility index (Phi) is 4.61. The molecule has 0 saturated heterocycles. The van der Waals surface area contributed by atoms with Crippen molar-refractivity contribution in [1.29, 1.82) is 0 Å². The van der Waals surface area contributed by atoms with Crippen LogP contribution in [0.4, 0.5) is 0 Å². The minimum atomic E-state index is -1.07. The average molecular weight is 223 g/mol. The maximum absolute atomic E-state index is 11.3. The van der Waals surface area contributed by atoms with Crippen molar-refractivity contribution in [2.45, 2.75) is 25.6 Å². The zero-order valence-corrected chi connectivity index (χ0v) is 9.26. The summed E-state index contributed by atoms with van der Waals surface area (Å²) in [5, 5.41) is 19.5. The van der Waals surface area contributed by atoms with Gasteiger partial charge in [-0.3, -0.25) is 4.79 Å². The summed E-state index contributed by atoms with van der Waals surface area (Å²) in [6.07, 6.45) is -1.71. The molecular formula is C12H17NO3. The first kappa shape index (κ1) is 12.8. The van der Waals surface area contributed by atoms with Crippen LogP contribution in [0.2, 0.25) is 0 Å². The average Bonchev–Trinajstić information content (AvgIpc) is 2.28. The number of aliphatic hydroxyl groups excluding tert-OH is 2. The second-order valence-electron chi connectivity index (χ2n) is 3.73. The number of carbonyl (C=O) groups excluding carboxylic acids is 1. The number of hydrogen-bond donors (Lipinski definition) is 3. The predicted octanol–water partition coefficient (Wildman–Crippen LogP) is 0.632. The first-order valence-corrected chi connectivity index (χ1v) is 5.24. The van der Waals surface area contributed by atoms with Gasteiger partial charge in [0.15, 0.2) is 5.78 Å². The molecule has 1 aromatic carbocycles. The van der Waals surface area contributed by atoms with Gasteiger partial charge in [-0.1, -0.05) is 24.3 Å². The summed E-state index contributed by atoms with van der Waals surface area (Å²) in [5.41, 5.74) is 6.20. The van der Waals surface area contributed by atoms with E-state index in [4.69, 9.17) is 5.73 Å². The summed E-state index contributed by atoms with van der Waals surface area (Å²) in [6, 6.07) is 6.72. The van der Waals surface area contributed by atoms with E-state index in [0.717, 1.165) is 0 Å². The molecule has 0 aliphatic heterocycles. The normalized spacial score (nSPS) is 14.5. The third-order valence-electron chi connectivity index (χ3n) is 2.49. The fourth-order valence-corrected chi connectivity index (χ4v) is 1.61. The second-order valence-corrected chi connectivity index (χ2v) is 3.73. The van der Waals surface area contributed by atoms with Crippen molar-refractivity contribution in [2.24, 2.45) is 5.73 Å². The van der Waals surface area contributed by atoms with Crippen molar-refractivity contribution < 1.29 is 15.0 Å². The van der Waals surface area contributed by atoms with Crippen molar-refractivity contribution in [3.63, 3.8) is 0 Å². The van der Waals surface area contributed by atoms with Crippen molar-refractivity contribution in [3.8, 4) is 0 Å². The predicted molar refractivity (Wildman–Crippen MR) is 61.1 cm³/mol. The van der Waals surface area contributed by atoms with Crippen LogP contribution in [0.1, 0.15) is 35.4 Å². The molecule has 0 aliphatic rings. The third kappa shape index (κ3) is 2.88. The number of benzene rings is 1. The highest BCUT2D eigenvalue weighted by Gasteiger charge is 2.21. The number of rotatable bonds is 5. The summed E-state index contributed by atoms with van der Waals surface area (Å²) in [5.74, 6) is -0.130. The van der Waals surface area contributed by atoms with Crippen LogP contribution >= 0.6 is 0 Å². The Morgan fingerprint density at radius 2 is 2.00 bits per heavy atom. The summed E-state index contributed by atoms with van der Waals surface area (Å²) in [7, 11) is 0. The highest BCUT2D eigenvalue weighted by atomic mass is 16.3. The lowest BCUT2D eigenvalue weighted by Crippen LogP contribution is -2.23. The van der Waals surface area contributed by atoms with E-state index < -0.39 is 12.2 Å². The van der Waals surface area contributed by atoms with Crippen LogP contribution < -0.4 is 5.73 Å². The molecule has 2 unspecified atom stereocenters. The van der Waals surface area contributed by atoms with E-state index in [1.54, 1.807) is 24.3 Å². The Bertz CT molecular complexity index is 365. The molecule has 0 heterocycles. The Morgan fingerprint density at radius 1 is 1.38 bits per heavy atom. The first-order chi connectivity index (χ1) is 7.57. The van der Waals surface area contributed by atoms with Gasteiger partial charge >= 0.3 is 0 Å². The Balaban J connectivity index is 2.98. The van der Waals surface area contributed by atoms with Crippen LogP contribution in [0.15, 0.2) is 24.3 Å². The van der Waals surface area contributed by atoms with Crippen LogP contribution in [0.5, 0.6) is 0 Å². The highest BCUT2D eigenvalue weighted by Crippen LogP contribution is 2.22. The second kappa shape index (κ2) is 5.75. The van der Waals surface area contributed by atoms with Crippen LogP contribution in [0, 0.1) is 0 Å². The molecule has 0 radical (unpaired) electrons. The number of Topliss-reactive ketones (excluding diaryl/α,β-unsaturated/α-hetero) is 1. The van der Waals surface area contributed by atoms with E-state index in [2.05, 4.69) is 0 Å². The van der Waals surface area contributed by atoms with E-state index in [1.807, 2.05) is 0 Å². The van der Waals surface area contributed by atoms with Gasteiger partial charge in [0.1, 0.15) is 6.10 Å². The van der Waals surface area contributed by atoms with Gasteiger partial charge in [0.05, 0.1) is 6.10 Å².